The lowest BCUT2D eigenvalue weighted by molar-refractivity contribution is -0.0892. The van der Waals surface area contributed by atoms with E-state index in [1.54, 1.807) is 7.11 Å². The van der Waals surface area contributed by atoms with E-state index < -0.39 is 0 Å². The van der Waals surface area contributed by atoms with Crippen molar-refractivity contribution < 1.29 is 9.47 Å². The summed E-state index contributed by atoms with van der Waals surface area (Å²) in [7, 11) is 1.78. The molecule has 0 amide bonds. The first-order valence-electron chi connectivity index (χ1n) is 6.40. The molecule has 3 unspecified atom stereocenters. The fraction of sp³-hybridized carbons (Fsp3) is 1.00. The van der Waals surface area contributed by atoms with Gasteiger partial charge in [0.2, 0.25) is 0 Å². The predicted octanol–water partition coefficient (Wildman–Crippen LogP) is 1.91. The Bertz CT molecular complexity index is 237. The van der Waals surface area contributed by atoms with E-state index >= 15 is 0 Å². The van der Waals surface area contributed by atoms with Crippen molar-refractivity contribution in [2.24, 2.45) is 5.92 Å². The minimum absolute atomic E-state index is 0.00645. The van der Waals surface area contributed by atoms with E-state index in [9.17, 15) is 0 Å². The first-order chi connectivity index (χ1) is 7.49. The number of rotatable bonds is 4. The maximum absolute atomic E-state index is 6.13. The molecule has 94 valence electrons. The molecule has 0 aromatic heterocycles. The predicted molar refractivity (Wildman–Crippen MR) is 64.6 cm³/mol. The van der Waals surface area contributed by atoms with Gasteiger partial charge in [-0.3, -0.25) is 4.90 Å². The highest BCUT2D eigenvalue weighted by atomic mass is 16.5. The molecule has 3 nitrogen and oxygen atoms in total. The average Bonchev–Trinajstić information content (AvgIpc) is 2.70. The summed E-state index contributed by atoms with van der Waals surface area (Å²) in [4.78, 5) is 2.57. The smallest absolute Gasteiger partial charge is 0.0638 e. The molecule has 1 aliphatic carbocycles. The van der Waals surface area contributed by atoms with Gasteiger partial charge in [0.25, 0.3) is 0 Å². The second-order valence-electron chi connectivity index (χ2n) is 6.14. The van der Waals surface area contributed by atoms with Gasteiger partial charge in [0.05, 0.1) is 18.3 Å². The number of ether oxygens (including phenoxy) is 2. The molecule has 0 aromatic carbocycles. The van der Waals surface area contributed by atoms with Gasteiger partial charge < -0.3 is 9.47 Å². The number of likely N-dealkylation sites (tertiary alicyclic amines) is 1. The van der Waals surface area contributed by atoms with Gasteiger partial charge in [-0.1, -0.05) is 0 Å². The zero-order chi connectivity index (χ0) is 11.8. The molecule has 3 atom stereocenters. The van der Waals surface area contributed by atoms with E-state index in [2.05, 4.69) is 25.7 Å². The number of fused-ring (bicyclic) bond motifs is 2. The van der Waals surface area contributed by atoms with E-state index in [-0.39, 0.29) is 5.60 Å². The summed E-state index contributed by atoms with van der Waals surface area (Å²) in [6.45, 7) is 9.60. The summed E-state index contributed by atoms with van der Waals surface area (Å²) < 4.78 is 11.3. The Hall–Kier alpha value is -0.120. The molecular weight excluding hydrogens is 202 g/mol. The molecule has 0 N–H and O–H groups in total. The summed E-state index contributed by atoms with van der Waals surface area (Å²) in [5, 5.41) is 0. The Morgan fingerprint density at radius 2 is 2.00 bits per heavy atom. The van der Waals surface area contributed by atoms with Crippen LogP contribution in [0.5, 0.6) is 0 Å². The summed E-state index contributed by atoms with van der Waals surface area (Å²) >= 11 is 0. The molecule has 0 aromatic rings. The van der Waals surface area contributed by atoms with Crippen LogP contribution in [0.3, 0.4) is 0 Å². The van der Waals surface area contributed by atoms with Gasteiger partial charge in [-0.2, -0.15) is 0 Å². The average molecular weight is 227 g/mol. The Morgan fingerprint density at radius 3 is 2.50 bits per heavy atom. The van der Waals surface area contributed by atoms with Gasteiger partial charge in [0, 0.05) is 26.2 Å². The van der Waals surface area contributed by atoms with Crippen LogP contribution in [-0.2, 0) is 9.47 Å². The van der Waals surface area contributed by atoms with Gasteiger partial charge >= 0.3 is 0 Å². The second-order valence-corrected chi connectivity index (χ2v) is 6.14. The first kappa shape index (κ1) is 12.3. The molecule has 0 radical (unpaired) electrons. The van der Waals surface area contributed by atoms with Gasteiger partial charge in [0.15, 0.2) is 0 Å². The number of hydrogen-bond donors (Lipinski definition) is 0. The van der Waals surface area contributed by atoms with Gasteiger partial charge in [0.1, 0.15) is 0 Å². The van der Waals surface area contributed by atoms with Crippen LogP contribution >= 0.6 is 0 Å². The molecule has 2 rings (SSSR count). The van der Waals surface area contributed by atoms with E-state index in [1.165, 1.54) is 19.4 Å². The summed E-state index contributed by atoms with van der Waals surface area (Å²) in [6.07, 6.45) is 3.03. The van der Waals surface area contributed by atoms with Crippen molar-refractivity contribution in [3.63, 3.8) is 0 Å². The standard InChI is InChI=1S/C13H25NO2/c1-13(2,3)16-12-8-11-7-10(12)9-14(11)5-6-15-4/h10-12H,5-9H2,1-4H3. The first-order valence-corrected chi connectivity index (χ1v) is 6.40. The highest BCUT2D eigenvalue weighted by Gasteiger charge is 2.45. The quantitative estimate of drug-likeness (QED) is 0.732. The number of methoxy groups -OCH3 is 1. The molecule has 2 bridgehead atoms. The van der Waals surface area contributed by atoms with Gasteiger partial charge in [-0.25, -0.2) is 0 Å². The van der Waals surface area contributed by atoms with Crippen LogP contribution in [0, 0.1) is 5.92 Å². The number of nitrogens with zero attached hydrogens (tertiary/aromatic N) is 1. The lowest BCUT2D eigenvalue weighted by Crippen LogP contribution is -2.42. The van der Waals surface area contributed by atoms with Crippen molar-refractivity contribution in [3.05, 3.63) is 0 Å². The SMILES string of the molecule is COCCN1CC2CC1CC2OC(C)(C)C. The van der Waals surface area contributed by atoms with E-state index in [0.717, 1.165) is 25.1 Å². The Labute approximate surface area is 99.1 Å². The Morgan fingerprint density at radius 1 is 1.25 bits per heavy atom. The lowest BCUT2D eigenvalue weighted by atomic mass is 10.0. The zero-order valence-corrected chi connectivity index (χ0v) is 11.0. The van der Waals surface area contributed by atoms with Crippen LogP contribution < -0.4 is 0 Å². The molecule has 1 aliphatic heterocycles. The number of hydrogen-bond acceptors (Lipinski definition) is 3. The van der Waals surface area contributed by atoms with Crippen molar-refractivity contribution in [2.45, 2.75) is 51.4 Å². The third-order valence-corrected chi connectivity index (χ3v) is 3.68. The third kappa shape index (κ3) is 2.76. The van der Waals surface area contributed by atoms with Crippen LogP contribution in [0.2, 0.25) is 0 Å². The second kappa shape index (κ2) is 4.63. The maximum Gasteiger partial charge on any atom is 0.0638 e. The number of piperidine rings is 1. The summed E-state index contributed by atoms with van der Waals surface area (Å²) in [5.74, 6) is 0.751. The van der Waals surface area contributed by atoms with E-state index in [4.69, 9.17) is 9.47 Å². The Kier molecular flexibility index (Phi) is 3.57. The minimum Gasteiger partial charge on any atom is -0.383 e. The molecule has 1 saturated carbocycles. The molecular formula is C13H25NO2. The van der Waals surface area contributed by atoms with E-state index in [0.29, 0.717) is 6.10 Å². The fourth-order valence-electron chi connectivity index (χ4n) is 3.08. The topological polar surface area (TPSA) is 21.7 Å². The highest BCUT2D eigenvalue weighted by molar-refractivity contribution is 4.98. The van der Waals surface area contributed by atoms with Crippen molar-refractivity contribution in [1.82, 2.24) is 4.90 Å². The van der Waals surface area contributed by atoms with Crippen molar-refractivity contribution in [2.75, 3.05) is 26.8 Å². The van der Waals surface area contributed by atoms with Crippen LogP contribution in [0.1, 0.15) is 33.6 Å². The molecule has 0 spiro atoms. The van der Waals surface area contributed by atoms with Crippen LogP contribution in [-0.4, -0.2) is 49.5 Å². The van der Waals surface area contributed by atoms with Crippen molar-refractivity contribution in [1.29, 1.82) is 0 Å². The van der Waals surface area contributed by atoms with Crippen molar-refractivity contribution in [3.8, 4) is 0 Å². The maximum atomic E-state index is 6.13. The largest absolute Gasteiger partial charge is 0.383 e. The van der Waals surface area contributed by atoms with Gasteiger partial charge in [-0.15, -0.1) is 0 Å². The molecule has 3 heteroatoms. The zero-order valence-electron chi connectivity index (χ0n) is 11.0. The van der Waals surface area contributed by atoms with E-state index in [1.807, 2.05) is 0 Å². The van der Waals surface area contributed by atoms with Crippen molar-refractivity contribution >= 4 is 0 Å². The highest BCUT2D eigenvalue weighted by Crippen LogP contribution is 2.40. The van der Waals surface area contributed by atoms with Crippen LogP contribution in [0.25, 0.3) is 0 Å². The third-order valence-electron chi connectivity index (χ3n) is 3.68. The minimum atomic E-state index is 0.00645. The monoisotopic (exact) mass is 227 g/mol. The molecule has 1 saturated heterocycles. The van der Waals surface area contributed by atoms with Gasteiger partial charge in [-0.05, 0) is 39.5 Å². The Balaban J connectivity index is 1.81. The summed E-state index contributed by atoms with van der Waals surface area (Å²) in [5.41, 5.74) is 0.00645. The van der Waals surface area contributed by atoms with Crippen LogP contribution in [0.4, 0.5) is 0 Å². The fourth-order valence-corrected chi connectivity index (χ4v) is 3.08. The molecule has 1 heterocycles. The molecule has 2 aliphatic rings. The molecule has 2 fully saturated rings. The normalized spacial score (nSPS) is 34.9. The lowest BCUT2D eigenvalue weighted by Gasteiger charge is -2.34. The summed E-state index contributed by atoms with van der Waals surface area (Å²) in [6, 6.07) is 0.743. The molecule has 16 heavy (non-hydrogen) atoms. The van der Waals surface area contributed by atoms with Crippen LogP contribution in [0.15, 0.2) is 0 Å².